The number of hydrogen-bond donors (Lipinski definition) is 1. The Morgan fingerprint density at radius 2 is 2.56 bits per heavy atom. The Bertz CT molecular complexity index is 590. The second-order valence-corrected chi connectivity index (χ2v) is 4.90. The number of likely N-dealkylation sites (tertiary alicyclic amines) is 1. The van der Waals surface area contributed by atoms with Crippen LogP contribution in [0.2, 0.25) is 0 Å². The number of nitrogens with zero attached hydrogens (tertiary/aromatic N) is 1. The van der Waals surface area contributed by atoms with Crippen LogP contribution in [0, 0.1) is 0 Å². The Morgan fingerprint density at radius 3 is 3.39 bits per heavy atom. The van der Waals surface area contributed by atoms with Crippen molar-refractivity contribution >= 4 is 5.69 Å². The van der Waals surface area contributed by atoms with E-state index in [2.05, 4.69) is 5.32 Å². The number of anilines is 1. The zero-order valence-electron chi connectivity index (χ0n) is 15.6. The molecule has 2 heterocycles. The monoisotopic (exact) mass is 251 g/mol. The van der Waals surface area contributed by atoms with E-state index in [1.165, 1.54) is 4.90 Å². The SMILES string of the molecule is [2H]C([2H])(C1CNc2ccc(OC)cc21)[C@H]1CCCN1C([2H])([2H])[2H]. The van der Waals surface area contributed by atoms with Gasteiger partial charge in [0, 0.05) is 31.0 Å². The zero-order chi connectivity index (χ0) is 16.8. The van der Waals surface area contributed by atoms with E-state index in [4.69, 9.17) is 11.6 Å². The fraction of sp³-hybridized carbons (Fsp3) is 0.600. The molecule has 1 unspecified atom stereocenters. The first-order chi connectivity index (χ1) is 10.7. The molecule has 2 aliphatic rings. The summed E-state index contributed by atoms with van der Waals surface area (Å²) in [5.41, 5.74) is 1.77. The Hall–Kier alpha value is -1.22. The lowest BCUT2D eigenvalue weighted by atomic mass is 9.93. The summed E-state index contributed by atoms with van der Waals surface area (Å²) in [7, 11) is 1.58. The minimum absolute atomic E-state index is 0.388. The van der Waals surface area contributed by atoms with Gasteiger partial charge in [-0.3, -0.25) is 0 Å². The number of benzene rings is 1. The smallest absolute Gasteiger partial charge is 0.119 e. The third-order valence-corrected chi connectivity index (χ3v) is 3.78. The predicted octanol–water partition coefficient (Wildman–Crippen LogP) is 2.69. The first-order valence-electron chi connectivity index (χ1n) is 8.93. The number of hydrogen-bond acceptors (Lipinski definition) is 3. The highest BCUT2D eigenvalue weighted by Gasteiger charge is 2.29. The van der Waals surface area contributed by atoms with Crippen LogP contribution < -0.4 is 10.1 Å². The molecule has 0 bridgehead atoms. The van der Waals surface area contributed by atoms with Crippen LogP contribution in [0.3, 0.4) is 0 Å². The minimum Gasteiger partial charge on any atom is -0.497 e. The molecule has 0 radical (unpaired) electrons. The minimum atomic E-state index is -2.25. The summed E-state index contributed by atoms with van der Waals surface area (Å²) in [6, 6.07) is 4.99. The van der Waals surface area contributed by atoms with E-state index in [0.717, 1.165) is 11.3 Å². The molecule has 2 aliphatic heterocycles. The third kappa shape index (κ3) is 2.07. The van der Waals surface area contributed by atoms with Crippen molar-refractivity contribution < 1.29 is 11.6 Å². The summed E-state index contributed by atoms with van der Waals surface area (Å²) >= 11 is 0. The molecule has 18 heavy (non-hydrogen) atoms. The van der Waals surface area contributed by atoms with Crippen molar-refractivity contribution in [3.63, 3.8) is 0 Å². The Balaban J connectivity index is 1.93. The molecule has 0 aliphatic carbocycles. The van der Waals surface area contributed by atoms with Crippen LogP contribution in [0.1, 0.15) is 37.5 Å². The number of ether oxygens (including phenoxy) is 1. The van der Waals surface area contributed by atoms with Crippen molar-refractivity contribution in [2.75, 3.05) is 32.5 Å². The van der Waals surface area contributed by atoms with Crippen LogP contribution in [0.4, 0.5) is 5.69 Å². The maximum Gasteiger partial charge on any atom is 0.119 e. The standard InChI is InChI=1S/C15H22N2O/c1-17-7-3-4-12(17)8-11-10-16-15-6-5-13(18-2)9-14(11)15/h5-6,9,11-12,16H,3-4,7-8,10H2,1-2H3/t11?,12-/m1/s1/i1D3,8D2. The van der Waals surface area contributed by atoms with Gasteiger partial charge in [-0.2, -0.15) is 0 Å². The van der Waals surface area contributed by atoms with E-state index in [9.17, 15) is 0 Å². The van der Waals surface area contributed by atoms with E-state index < -0.39 is 19.4 Å². The molecule has 3 rings (SSSR count). The van der Waals surface area contributed by atoms with Crippen molar-refractivity contribution in [3.05, 3.63) is 23.8 Å². The maximum absolute atomic E-state index is 8.68. The van der Waals surface area contributed by atoms with E-state index in [1.54, 1.807) is 7.11 Å². The van der Waals surface area contributed by atoms with Crippen molar-refractivity contribution in [2.45, 2.75) is 31.2 Å². The number of nitrogens with one attached hydrogen (secondary N) is 1. The van der Waals surface area contributed by atoms with Crippen molar-refractivity contribution in [2.24, 2.45) is 0 Å². The first kappa shape index (κ1) is 7.39. The van der Waals surface area contributed by atoms with Gasteiger partial charge < -0.3 is 15.0 Å². The topological polar surface area (TPSA) is 24.5 Å². The van der Waals surface area contributed by atoms with Gasteiger partial charge in [-0.1, -0.05) is 0 Å². The highest BCUT2D eigenvalue weighted by atomic mass is 16.5. The van der Waals surface area contributed by atoms with Gasteiger partial charge in [0.15, 0.2) is 0 Å². The largest absolute Gasteiger partial charge is 0.497 e. The number of methoxy groups -OCH3 is 1. The molecule has 0 amide bonds. The summed E-state index contributed by atoms with van der Waals surface area (Å²) in [5, 5.41) is 3.23. The summed E-state index contributed by atoms with van der Waals surface area (Å²) in [6.45, 7) is -1.36. The summed E-state index contributed by atoms with van der Waals surface area (Å²) in [4.78, 5) is 1.35. The summed E-state index contributed by atoms with van der Waals surface area (Å²) < 4.78 is 45.6. The second-order valence-electron chi connectivity index (χ2n) is 4.90. The quantitative estimate of drug-likeness (QED) is 0.894. The molecule has 1 aromatic carbocycles. The highest BCUT2D eigenvalue weighted by Crippen LogP contribution is 2.38. The Labute approximate surface area is 116 Å². The van der Waals surface area contributed by atoms with Crippen LogP contribution in [0.25, 0.3) is 0 Å². The first-order valence-corrected chi connectivity index (χ1v) is 6.43. The van der Waals surface area contributed by atoms with Gasteiger partial charge in [0.05, 0.1) is 7.11 Å². The molecule has 3 nitrogen and oxygen atoms in total. The molecule has 98 valence electrons. The summed E-state index contributed by atoms with van der Waals surface area (Å²) in [6.07, 6.45) is -0.343. The van der Waals surface area contributed by atoms with Crippen molar-refractivity contribution in [3.8, 4) is 5.75 Å². The van der Waals surface area contributed by atoms with Gasteiger partial charge in [0.25, 0.3) is 0 Å². The van der Waals surface area contributed by atoms with Gasteiger partial charge in [-0.15, -0.1) is 0 Å². The highest BCUT2D eigenvalue weighted by molar-refractivity contribution is 5.60. The molecule has 2 atom stereocenters. The average molecular weight is 251 g/mol. The predicted molar refractivity (Wildman–Crippen MR) is 74.5 cm³/mol. The van der Waals surface area contributed by atoms with Crippen molar-refractivity contribution in [1.82, 2.24) is 4.90 Å². The summed E-state index contributed by atoms with van der Waals surface area (Å²) in [5.74, 6) is 0.299. The second kappa shape index (κ2) is 4.81. The normalized spacial score (nSPS) is 32.6. The van der Waals surface area contributed by atoms with Crippen LogP contribution in [0.5, 0.6) is 5.75 Å². The van der Waals surface area contributed by atoms with E-state index in [-0.39, 0.29) is 5.92 Å². The molecule has 1 saturated heterocycles. The van der Waals surface area contributed by atoms with E-state index in [1.807, 2.05) is 18.2 Å². The lowest BCUT2D eigenvalue weighted by Gasteiger charge is -2.22. The Morgan fingerprint density at radius 1 is 1.61 bits per heavy atom. The molecule has 0 saturated carbocycles. The maximum atomic E-state index is 8.68. The molecule has 1 aromatic rings. The van der Waals surface area contributed by atoms with Gasteiger partial charge in [0.2, 0.25) is 0 Å². The average Bonchev–Trinajstić information content (AvgIpc) is 3.13. The Kier molecular flexibility index (Phi) is 1.97. The third-order valence-electron chi connectivity index (χ3n) is 3.78. The van der Waals surface area contributed by atoms with E-state index in [0.29, 0.717) is 31.7 Å². The van der Waals surface area contributed by atoms with Gasteiger partial charge in [-0.25, -0.2) is 0 Å². The fourth-order valence-corrected chi connectivity index (χ4v) is 2.76. The van der Waals surface area contributed by atoms with Crippen LogP contribution in [0.15, 0.2) is 18.2 Å². The molecule has 0 aromatic heterocycles. The molecular formula is C15H22N2O. The zero-order valence-corrected chi connectivity index (χ0v) is 10.6. The van der Waals surface area contributed by atoms with Gasteiger partial charge in [0.1, 0.15) is 5.75 Å². The van der Waals surface area contributed by atoms with Gasteiger partial charge >= 0.3 is 0 Å². The fourth-order valence-electron chi connectivity index (χ4n) is 2.76. The van der Waals surface area contributed by atoms with E-state index >= 15 is 0 Å². The van der Waals surface area contributed by atoms with Crippen LogP contribution in [-0.4, -0.2) is 38.1 Å². The molecule has 0 spiro atoms. The molecule has 1 N–H and O–H groups in total. The van der Waals surface area contributed by atoms with Crippen LogP contribution >= 0.6 is 0 Å². The lowest BCUT2D eigenvalue weighted by Crippen LogP contribution is -2.27. The van der Waals surface area contributed by atoms with Crippen molar-refractivity contribution in [1.29, 1.82) is 0 Å². The number of fused-ring (bicyclic) bond motifs is 1. The molecule has 3 heteroatoms. The molecular weight excluding hydrogens is 224 g/mol. The lowest BCUT2D eigenvalue weighted by molar-refractivity contribution is 0.285. The number of rotatable bonds is 3. The van der Waals surface area contributed by atoms with Crippen LogP contribution in [-0.2, 0) is 0 Å². The molecule has 1 fully saturated rings. The van der Waals surface area contributed by atoms with Gasteiger partial charge in [-0.05, 0) is 56.5 Å².